The number of hydrogen-bond donors (Lipinski definition) is 1. The molecule has 1 aliphatic heterocycles. The molecule has 2 aromatic rings. The molecule has 1 saturated heterocycles. The van der Waals surface area contributed by atoms with Gasteiger partial charge in [0, 0.05) is 6.54 Å². The molecule has 0 saturated carbocycles. The smallest absolute Gasteiger partial charge is 0.119 e. The van der Waals surface area contributed by atoms with E-state index < -0.39 is 0 Å². The molecule has 1 atom stereocenters. The Morgan fingerprint density at radius 3 is 2.16 bits per heavy atom. The van der Waals surface area contributed by atoms with E-state index in [1.54, 1.807) is 0 Å². The Morgan fingerprint density at radius 1 is 0.947 bits per heavy atom. The molecule has 0 radical (unpaired) electrons. The van der Waals surface area contributed by atoms with E-state index in [2.05, 4.69) is 60.8 Å². The van der Waals surface area contributed by atoms with Crippen molar-refractivity contribution in [1.82, 2.24) is 5.32 Å². The van der Waals surface area contributed by atoms with Gasteiger partial charge in [-0.2, -0.15) is 0 Å². The van der Waals surface area contributed by atoms with Crippen molar-refractivity contribution in [3.05, 3.63) is 54.1 Å². The summed E-state index contributed by atoms with van der Waals surface area (Å²) in [5.41, 5.74) is 3.77. The maximum atomic E-state index is 5.92. The fourth-order valence-electron chi connectivity index (χ4n) is 2.39. The topological polar surface area (TPSA) is 21.3 Å². The van der Waals surface area contributed by atoms with Crippen LogP contribution in [0, 0.1) is 6.92 Å². The minimum absolute atomic E-state index is 0.324. The Hall–Kier alpha value is -1.80. The van der Waals surface area contributed by atoms with Crippen LogP contribution in [0.3, 0.4) is 0 Å². The van der Waals surface area contributed by atoms with Crippen LogP contribution in [0.2, 0.25) is 0 Å². The summed E-state index contributed by atoms with van der Waals surface area (Å²) in [6.45, 7) is 4.13. The fourth-order valence-corrected chi connectivity index (χ4v) is 2.39. The van der Waals surface area contributed by atoms with E-state index in [9.17, 15) is 0 Å². The van der Waals surface area contributed by atoms with E-state index in [-0.39, 0.29) is 0 Å². The van der Waals surface area contributed by atoms with Gasteiger partial charge in [0.15, 0.2) is 0 Å². The van der Waals surface area contributed by atoms with Crippen LogP contribution >= 0.6 is 0 Å². The predicted octanol–water partition coefficient (Wildman–Crippen LogP) is 3.40. The van der Waals surface area contributed by atoms with Crippen LogP contribution in [-0.4, -0.2) is 19.2 Å². The first kappa shape index (κ1) is 12.2. The first-order valence-electron chi connectivity index (χ1n) is 6.86. The van der Waals surface area contributed by atoms with Crippen molar-refractivity contribution in [3.8, 4) is 16.9 Å². The van der Waals surface area contributed by atoms with Crippen molar-refractivity contribution >= 4 is 0 Å². The lowest BCUT2D eigenvalue weighted by Gasteiger charge is -2.12. The predicted molar refractivity (Wildman–Crippen MR) is 78.5 cm³/mol. The molecule has 2 heteroatoms. The van der Waals surface area contributed by atoms with Crippen LogP contribution in [0.1, 0.15) is 12.0 Å². The van der Waals surface area contributed by atoms with Crippen LogP contribution in [0.4, 0.5) is 0 Å². The van der Waals surface area contributed by atoms with Crippen molar-refractivity contribution in [2.75, 3.05) is 13.1 Å². The van der Waals surface area contributed by atoms with Gasteiger partial charge in [-0.3, -0.25) is 0 Å². The lowest BCUT2D eigenvalue weighted by molar-refractivity contribution is 0.223. The molecule has 1 fully saturated rings. The molecule has 0 aromatic heterocycles. The van der Waals surface area contributed by atoms with Crippen LogP contribution in [-0.2, 0) is 0 Å². The summed E-state index contributed by atoms with van der Waals surface area (Å²) in [6, 6.07) is 17.0. The second-order valence-electron chi connectivity index (χ2n) is 5.12. The van der Waals surface area contributed by atoms with Crippen molar-refractivity contribution in [3.63, 3.8) is 0 Å². The maximum Gasteiger partial charge on any atom is 0.119 e. The summed E-state index contributed by atoms with van der Waals surface area (Å²) in [7, 11) is 0. The van der Waals surface area contributed by atoms with Gasteiger partial charge in [-0.15, -0.1) is 0 Å². The Morgan fingerprint density at radius 2 is 1.58 bits per heavy atom. The molecule has 0 bridgehead atoms. The summed E-state index contributed by atoms with van der Waals surface area (Å²) < 4.78 is 5.92. The fraction of sp³-hybridized carbons (Fsp3) is 0.294. The third-order valence-electron chi connectivity index (χ3n) is 3.56. The van der Waals surface area contributed by atoms with Crippen molar-refractivity contribution < 1.29 is 4.74 Å². The van der Waals surface area contributed by atoms with Gasteiger partial charge >= 0.3 is 0 Å². The van der Waals surface area contributed by atoms with E-state index in [0.717, 1.165) is 25.3 Å². The zero-order chi connectivity index (χ0) is 13.1. The molecule has 1 heterocycles. The number of rotatable bonds is 3. The zero-order valence-electron chi connectivity index (χ0n) is 11.2. The number of aryl methyl sites for hydroxylation is 1. The van der Waals surface area contributed by atoms with Crippen LogP contribution in [0.5, 0.6) is 5.75 Å². The second-order valence-corrected chi connectivity index (χ2v) is 5.12. The molecule has 2 nitrogen and oxygen atoms in total. The molecule has 1 unspecified atom stereocenters. The third kappa shape index (κ3) is 2.96. The van der Waals surface area contributed by atoms with Gasteiger partial charge in [0.05, 0.1) is 0 Å². The number of benzene rings is 2. The van der Waals surface area contributed by atoms with E-state index in [0.29, 0.717) is 6.10 Å². The lowest BCUT2D eigenvalue weighted by Crippen LogP contribution is -2.19. The highest BCUT2D eigenvalue weighted by Gasteiger charge is 2.15. The third-order valence-corrected chi connectivity index (χ3v) is 3.56. The van der Waals surface area contributed by atoms with Gasteiger partial charge in [-0.05, 0) is 43.1 Å². The first-order valence-corrected chi connectivity index (χ1v) is 6.86. The first-order chi connectivity index (χ1) is 9.31. The largest absolute Gasteiger partial charge is 0.489 e. The van der Waals surface area contributed by atoms with E-state index in [1.807, 2.05) is 0 Å². The summed E-state index contributed by atoms with van der Waals surface area (Å²) in [4.78, 5) is 0. The molecule has 19 heavy (non-hydrogen) atoms. The molecule has 1 aliphatic rings. The highest BCUT2D eigenvalue weighted by Crippen LogP contribution is 2.23. The SMILES string of the molecule is Cc1ccc(-c2ccc(OC3CCNC3)cc2)cc1. The normalized spacial score (nSPS) is 18.5. The highest BCUT2D eigenvalue weighted by molar-refractivity contribution is 5.64. The quantitative estimate of drug-likeness (QED) is 0.905. The summed E-state index contributed by atoms with van der Waals surface area (Å²) in [5.74, 6) is 0.963. The van der Waals surface area contributed by atoms with E-state index >= 15 is 0 Å². The van der Waals surface area contributed by atoms with Gasteiger partial charge < -0.3 is 10.1 Å². The molecular formula is C17H19NO. The van der Waals surface area contributed by atoms with Gasteiger partial charge in [0.2, 0.25) is 0 Å². The van der Waals surface area contributed by atoms with Crippen molar-refractivity contribution in [2.24, 2.45) is 0 Å². The summed E-state index contributed by atoms with van der Waals surface area (Å²) in [5, 5.41) is 3.31. The van der Waals surface area contributed by atoms with Gasteiger partial charge in [0.25, 0.3) is 0 Å². The van der Waals surface area contributed by atoms with Crippen LogP contribution in [0.25, 0.3) is 11.1 Å². The second kappa shape index (κ2) is 5.45. The van der Waals surface area contributed by atoms with Gasteiger partial charge in [-0.1, -0.05) is 42.0 Å². The lowest BCUT2D eigenvalue weighted by atomic mass is 10.0. The minimum Gasteiger partial charge on any atom is -0.489 e. The maximum absolute atomic E-state index is 5.92. The molecule has 1 N–H and O–H groups in total. The number of ether oxygens (including phenoxy) is 1. The molecule has 2 aromatic carbocycles. The molecule has 0 amide bonds. The Labute approximate surface area is 114 Å². The van der Waals surface area contributed by atoms with Crippen LogP contribution < -0.4 is 10.1 Å². The van der Waals surface area contributed by atoms with Crippen molar-refractivity contribution in [1.29, 1.82) is 0 Å². The van der Waals surface area contributed by atoms with Gasteiger partial charge in [-0.25, -0.2) is 0 Å². The average molecular weight is 253 g/mol. The Bertz CT molecular complexity index is 524. The van der Waals surface area contributed by atoms with Crippen molar-refractivity contribution in [2.45, 2.75) is 19.4 Å². The molecular weight excluding hydrogens is 234 g/mol. The Kier molecular flexibility index (Phi) is 3.51. The highest BCUT2D eigenvalue weighted by atomic mass is 16.5. The Balaban J connectivity index is 1.72. The molecule has 0 aliphatic carbocycles. The zero-order valence-corrected chi connectivity index (χ0v) is 11.2. The molecule has 0 spiro atoms. The van der Waals surface area contributed by atoms with E-state index in [1.165, 1.54) is 16.7 Å². The minimum atomic E-state index is 0.324. The summed E-state index contributed by atoms with van der Waals surface area (Å²) >= 11 is 0. The molecule has 3 rings (SSSR count). The average Bonchev–Trinajstić information content (AvgIpc) is 2.94. The standard InChI is InChI=1S/C17H19NO/c1-13-2-4-14(5-3-13)15-6-8-16(9-7-15)19-17-10-11-18-12-17/h2-9,17-18H,10-12H2,1H3. The van der Waals surface area contributed by atoms with E-state index in [4.69, 9.17) is 4.74 Å². The monoisotopic (exact) mass is 253 g/mol. The number of nitrogens with one attached hydrogen (secondary N) is 1. The summed E-state index contributed by atoms with van der Waals surface area (Å²) in [6.07, 6.45) is 1.42. The van der Waals surface area contributed by atoms with Gasteiger partial charge in [0.1, 0.15) is 11.9 Å². The number of hydrogen-bond acceptors (Lipinski definition) is 2. The van der Waals surface area contributed by atoms with Crippen LogP contribution in [0.15, 0.2) is 48.5 Å². The molecule has 98 valence electrons.